The van der Waals surface area contributed by atoms with E-state index in [9.17, 15) is 4.57 Å². The first kappa shape index (κ1) is 28.9. The predicted molar refractivity (Wildman–Crippen MR) is 138 cm³/mol. The number of unbranched alkanes of at least 4 members (excludes halogenated alkanes) is 14. The van der Waals surface area contributed by atoms with Gasteiger partial charge in [0.2, 0.25) is 0 Å². The van der Waals surface area contributed by atoms with Crippen LogP contribution in [0.4, 0.5) is 0 Å². The van der Waals surface area contributed by atoms with Crippen LogP contribution in [0.3, 0.4) is 0 Å². The molecule has 0 fully saturated rings. The topological polar surface area (TPSA) is 35.5 Å². The molecule has 0 amide bonds. The molecule has 0 unspecified atom stereocenters. The lowest BCUT2D eigenvalue weighted by Gasteiger charge is -2.19. The van der Waals surface area contributed by atoms with E-state index in [1.807, 2.05) is 13.0 Å². The monoisotopic (exact) mass is 472 g/mol. The minimum atomic E-state index is -3.22. The highest BCUT2D eigenvalue weighted by Gasteiger charge is 2.30. The Kier molecular flexibility index (Phi) is 17.0. The van der Waals surface area contributed by atoms with E-state index in [4.69, 9.17) is 9.05 Å². The molecular weight excluding hydrogens is 423 g/mol. The van der Waals surface area contributed by atoms with E-state index in [1.54, 1.807) is 11.3 Å². The zero-order chi connectivity index (χ0) is 22.8. The fourth-order valence-electron chi connectivity index (χ4n) is 3.91. The molecule has 0 aromatic carbocycles. The predicted octanol–water partition coefficient (Wildman–Crippen LogP) is 9.50. The van der Waals surface area contributed by atoms with Crippen molar-refractivity contribution in [1.82, 2.24) is 0 Å². The van der Waals surface area contributed by atoms with E-state index < -0.39 is 7.60 Å². The van der Waals surface area contributed by atoms with Crippen molar-refractivity contribution in [1.29, 1.82) is 0 Å². The number of hydrogen-bond acceptors (Lipinski definition) is 4. The lowest BCUT2D eigenvalue weighted by atomic mass is 10.1. The van der Waals surface area contributed by atoms with Gasteiger partial charge in [0.15, 0.2) is 0 Å². The average molecular weight is 473 g/mol. The molecule has 0 atom stereocenters. The average Bonchev–Trinajstić information content (AvgIpc) is 3.10. The Morgan fingerprint density at radius 2 is 1.06 bits per heavy atom. The highest BCUT2D eigenvalue weighted by atomic mass is 32.1. The van der Waals surface area contributed by atoms with Gasteiger partial charge in [-0.15, -0.1) is 11.3 Å². The Bertz CT molecular complexity index is 573. The standard InChI is InChI=1S/C26H49O3PS/c1-5-7-9-11-13-15-17-19-21-28-30(27,26-23-24(3)31-25(26)4)29-22-20-18-16-14-12-10-8-6-2/h23H,5-22H2,1-4H3. The molecule has 1 rings (SSSR count). The molecule has 0 aliphatic heterocycles. The third-order valence-electron chi connectivity index (χ3n) is 5.83. The van der Waals surface area contributed by atoms with E-state index >= 15 is 0 Å². The Labute approximate surface area is 197 Å². The van der Waals surface area contributed by atoms with Crippen molar-refractivity contribution in [2.24, 2.45) is 0 Å². The van der Waals surface area contributed by atoms with Gasteiger partial charge in [0, 0.05) is 9.75 Å². The third kappa shape index (κ3) is 13.2. The van der Waals surface area contributed by atoms with E-state index in [-0.39, 0.29) is 0 Å². The Morgan fingerprint density at radius 1 is 0.677 bits per heavy atom. The van der Waals surface area contributed by atoms with Crippen molar-refractivity contribution in [3.63, 3.8) is 0 Å². The summed E-state index contributed by atoms with van der Waals surface area (Å²) in [5, 5.41) is 0.786. The summed E-state index contributed by atoms with van der Waals surface area (Å²) in [5.41, 5.74) is 0. The molecule has 0 saturated heterocycles. The van der Waals surface area contributed by atoms with E-state index in [0.717, 1.165) is 35.9 Å². The van der Waals surface area contributed by atoms with Crippen LogP contribution in [-0.4, -0.2) is 13.2 Å². The second-order valence-electron chi connectivity index (χ2n) is 8.91. The Balaban J connectivity index is 2.35. The molecule has 1 aromatic rings. The van der Waals surface area contributed by atoms with Gasteiger partial charge in [0.25, 0.3) is 0 Å². The maximum absolute atomic E-state index is 13.6. The van der Waals surface area contributed by atoms with E-state index in [1.165, 1.54) is 81.9 Å². The lowest BCUT2D eigenvalue weighted by Crippen LogP contribution is -2.12. The van der Waals surface area contributed by atoms with Gasteiger partial charge in [-0.05, 0) is 32.8 Å². The SMILES string of the molecule is CCCCCCCCCCOP(=O)(OCCCCCCCCCC)c1cc(C)sc1C. The molecule has 0 bridgehead atoms. The van der Waals surface area contributed by atoms with Crippen molar-refractivity contribution in [3.8, 4) is 0 Å². The lowest BCUT2D eigenvalue weighted by molar-refractivity contribution is 0.206. The van der Waals surface area contributed by atoms with Crippen LogP contribution >= 0.6 is 18.9 Å². The van der Waals surface area contributed by atoms with Crippen LogP contribution in [0.1, 0.15) is 126 Å². The molecule has 0 aliphatic rings. The fourth-order valence-corrected chi connectivity index (χ4v) is 7.12. The summed E-state index contributed by atoms with van der Waals surface area (Å²) in [6.07, 6.45) is 20.0. The summed E-state index contributed by atoms with van der Waals surface area (Å²) < 4.78 is 25.6. The molecule has 5 heteroatoms. The first-order valence-electron chi connectivity index (χ1n) is 13.0. The highest BCUT2D eigenvalue weighted by Crippen LogP contribution is 2.49. The van der Waals surface area contributed by atoms with Crippen LogP contribution in [0.25, 0.3) is 0 Å². The summed E-state index contributed by atoms with van der Waals surface area (Å²) in [6, 6.07) is 2.00. The van der Waals surface area contributed by atoms with Gasteiger partial charge in [0.1, 0.15) is 0 Å². The zero-order valence-electron chi connectivity index (χ0n) is 20.9. The first-order valence-corrected chi connectivity index (χ1v) is 15.4. The van der Waals surface area contributed by atoms with Crippen molar-refractivity contribution in [3.05, 3.63) is 15.8 Å². The maximum Gasteiger partial charge on any atom is 0.362 e. The third-order valence-corrected chi connectivity index (χ3v) is 9.04. The van der Waals surface area contributed by atoms with E-state index in [0.29, 0.717) is 13.2 Å². The van der Waals surface area contributed by atoms with Crippen molar-refractivity contribution in [2.45, 2.75) is 130 Å². The normalized spacial score (nSPS) is 12.0. The van der Waals surface area contributed by atoms with Crippen molar-refractivity contribution >= 4 is 24.2 Å². The Morgan fingerprint density at radius 3 is 1.42 bits per heavy atom. The van der Waals surface area contributed by atoms with E-state index in [2.05, 4.69) is 20.8 Å². The number of hydrogen-bond donors (Lipinski definition) is 0. The molecular formula is C26H49O3PS. The molecule has 0 spiro atoms. The summed E-state index contributed by atoms with van der Waals surface area (Å²) in [5.74, 6) is 0. The second-order valence-corrected chi connectivity index (χ2v) is 12.4. The van der Waals surface area contributed by atoms with Crippen molar-refractivity contribution < 1.29 is 13.6 Å². The molecule has 1 aromatic heterocycles. The van der Waals surface area contributed by atoms with Gasteiger partial charge < -0.3 is 9.05 Å². The quantitative estimate of drug-likeness (QED) is 0.132. The highest BCUT2D eigenvalue weighted by molar-refractivity contribution is 7.62. The molecule has 182 valence electrons. The van der Waals surface area contributed by atoms with Gasteiger partial charge in [-0.25, -0.2) is 0 Å². The molecule has 0 saturated carbocycles. The number of rotatable bonds is 21. The zero-order valence-corrected chi connectivity index (χ0v) is 22.6. The summed E-state index contributed by atoms with van der Waals surface area (Å²) in [7, 11) is -3.22. The van der Waals surface area contributed by atoms with Gasteiger partial charge in [0.05, 0.1) is 18.5 Å². The second kappa shape index (κ2) is 18.3. The summed E-state index contributed by atoms with van der Waals surface area (Å²) in [6.45, 7) is 9.64. The first-order chi connectivity index (χ1) is 15.0. The van der Waals surface area contributed by atoms with Crippen LogP contribution in [0.2, 0.25) is 0 Å². The molecule has 0 N–H and O–H groups in total. The molecule has 0 aliphatic carbocycles. The maximum atomic E-state index is 13.6. The van der Waals surface area contributed by atoms with Crippen LogP contribution in [0.5, 0.6) is 0 Å². The van der Waals surface area contributed by atoms with Gasteiger partial charge in [-0.1, -0.05) is 104 Å². The Hall–Kier alpha value is -0.150. The molecule has 1 heterocycles. The summed E-state index contributed by atoms with van der Waals surface area (Å²) in [4.78, 5) is 2.23. The van der Waals surface area contributed by atoms with Gasteiger partial charge >= 0.3 is 7.60 Å². The van der Waals surface area contributed by atoms with Crippen LogP contribution in [0, 0.1) is 13.8 Å². The summed E-state index contributed by atoms with van der Waals surface area (Å²) >= 11 is 1.68. The smallest absolute Gasteiger partial charge is 0.305 e. The van der Waals surface area contributed by atoms with Crippen LogP contribution in [0.15, 0.2) is 6.07 Å². The van der Waals surface area contributed by atoms with Crippen LogP contribution in [-0.2, 0) is 13.6 Å². The minimum Gasteiger partial charge on any atom is -0.305 e. The molecule has 31 heavy (non-hydrogen) atoms. The number of thiophene rings is 1. The van der Waals surface area contributed by atoms with Gasteiger partial charge in [-0.2, -0.15) is 0 Å². The van der Waals surface area contributed by atoms with Gasteiger partial charge in [-0.3, -0.25) is 4.57 Å². The van der Waals surface area contributed by atoms with Crippen molar-refractivity contribution in [2.75, 3.05) is 13.2 Å². The number of aryl methyl sites for hydroxylation is 2. The molecule has 3 nitrogen and oxygen atoms in total. The van der Waals surface area contributed by atoms with Crippen LogP contribution < -0.4 is 5.30 Å². The minimum absolute atomic E-state index is 0.526. The fraction of sp³-hybridized carbons (Fsp3) is 0.846. The largest absolute Gasteiger partial charge is 0.362 e. The molecule has 0 radical (unpaired) electrons.